The fraction of sp³-hybridized carbons (Fsp3) is 0.591. The van der Waals surface area contributed by atoms with Crippen LogP contribution in [0.5, 0.6) is 0 Å². The number of benzene rings is 1. The first kappa shape index (κ1) is 31.5. The molecule has 3 heteroatoms. The van der Waals surface area contributed by atoms with Crippen molar-refractivity contribution < 1.29 is 4.79 Å². The zero-order valence-electron chi connectivity index (χ0n) is 18.5. The largest absolute Gasteiger partial charge is 0.375 e. The number of carbonyl (C=O) groups excluding carboxylic acids is 1. The molecule has 0 heterocycles. The molecule has 1 aromatic rings. The van der Waals surface area contributed by atoms with E-state index >= 15 is 0 Å². The standard InChI is InChI=1S/C11H17N.C4H10.C3H4O.C2H6S.C2H6/c1-5-12(4)11-8-9(2)6-7-10(11)3;1-3-4-2;1-2-3-4;1-3-2;1-2/h6-8H,5H2,1-4H3;3-4H2,1-2H3;2-3H,1H2;1-2H3;1-2H3. The van der Waals surface area contributed by atoms with Crippen LogP contribution in [-0.2, 0) is 4.79 Å². The van der Waals surface area contributed by atoms with Crippen LogP contribution in [-0.4, -0.2) is 32.4 Å². The van der Waals surface area contributed by atoms with E-state index in [0.717, 1.165) is 6.54 Å². The minimum Gasteiger partial charge on any atom is -0.375 e. The molecule has 0 saturated carbocycles. The van der Waals surface area contributed by atoms with Crippen molar-refractivity contribution in [3.8, 4) is 0 Å². The van der Waals surface area contributed by atoms with Crippen molar-refractivity contribution >= 4 is 23.7 Å². The minimum absolute atomic E-state index is 0.639. The van der Waals surface area contributed by atoms with Crippen molar-refractivity contribution in [2.75, 3.05) is 31.0 Å². The Morgan fingerprint density at radius 1 is 1.08 bits per heavy atom. The quantitative estimate of drug-likeness (QED) is 0.423. The smallest absolute Gasteiger partial charge is 0.142 e. The molecule has 0 unspecified atom stereocenters. The van der Waals surface area contributed by atoms with Crippen LogP contribution in [0.4, 0.5) is 5.69 Å². The SMILES string of the molecule is C=CC=O.CC.CCCC.CCN(C)c1cc(C)ccc1C.CSC. The Morgan fingerprint density at radius 2 is 1.48 bits per heavy atom. The lowest BCUT2D eigenvalue weighted by Gasteiger charge is -2.19. The summed E-state index contributed by atoms with van der Waals surface area (Å²) in [6.07, 6.45) is 8.56. The number of rotatable bonds is 4. The zero-order valence-corrected chi connectivity index (χ0v) is 19.3. The van der Waals surface area contributed by atoms with Gasteiger partial charge in [-0.05, 0) is 56.6 Å². The molecule has 0 aliphatic heterocycles. The monoisotopic (exact) mass is 369 g/mol. The summed E-state index contributed by atoms with van der Waals surface area (Å²) >= 11 is 1.75. The Bertz CT molecular complexity index is 384. The number of nitrogens with zero attached hydrogens (tertiary/aromatic N) is 1. The third kappa shape index (κ3) is 25.1. The number of thioether (sulfide) groups is 1. The summed E-state index contributed by atoms with van der Waals surface area (Å²) in [6.45, 7) is 19.0. The van der Waals surface area contributed by atoms with Crippen LogP contribution in [0.25, 0.3) is 0 Å². The second-order valence-electron chi connectivity index (χ2n) is 5.08. The lowest BCUT2D eigenvalue weighted by atomic mass is 10.1. The van der Waals surface area contributed by atoms with Crippen molar-refractivity contribution in [2.45, 2.75) is 61.3 Å². The third-order valence-corrected chi connectivity index (χ3v) is 2.85. The summed E-state index contributed by atoms with van der Waals surface area (Å²) < 4.78 is 0. The van der Waals surface area contributed by atoms with Gasteiger partial charge in [-0.2, -0.15) is 11.8 Å². The number of aryl methyl sites for hydroxylation is 2. The number of allylic oxidation sites excluding steroid dienone is 1. The van der Waals surface area contributed by atoms with Gasteiger partial charge < -0.3 is 4.90 Å². The molecule has 0 radical (unpaired) electrons. The third-order valence-electron chi connectivity index (χ3n) is 2.85. The maximum atomic E-state index is 9.06. The highest BCUT2D eigenvalue weighted by Crippen LogP contribution is 2.19. The molecule has 0 amide bonds. The fourth-order valence-electron chi connectivity index (χ4n) is 1.30. The van der Waals surface area contributed by atoms with E-state index in [-0.39, 0.29) is 0 Å². The maximum Gasteiger partial charge on any atom is 0.142 e. The molecule has 0 N–H and O–H groups in total. The molecule has 0 atom stereocenters. The number of hydrogen-bond donors (Lipinski definition) is 0. The van der Waals surface area contributed by atoms with Gasteiger partial charge in [0.05, 0.1) is 0 Å². The zero-order chi connectivity index (χ0) is 20.7. The normalized spacial score (nSPS) is 7.76. The molecule has 1 rings (SSSR count). The van der Waals surface area contributed by atoms with Crippen LogP contribution in [0.15, 0.2) is 30.9 Å². The van der Waals surface area contributed by atoms with Crippen molar-refractivity contribution in [2.24, 2.45) is 0 Å². The number of unbranched alkanes of at least 4 members (excludes halogenated alkanes) is 1. The maximum absolute atomic E-state index is 9.06. The van der Waals surface area contributed by atoms with Crippen LogP contribution < -0.4 is 4.90 Å². The summed E-state index contributed by atoms with van der Waals surface area (Å²) in [4.78, 5) is 11.3. The van der Waals surface area contributed by atoms with E-state index in [4.69, 9.17) is 4.79 Å². The van der Waals surface area contributed by atoms with Crippen LogP contribution in [0.3, 0.4) is 0 Å². The highest BCUT2D eigenvalue weighted by molar-refractivity contribution is 7.97. The first-order chi connectivity index (χ1) is 11.9. The van der Waals surface area contributed by atoms with Gasteiger partial charge in [-0.25, -0.2) is 0 Å². The molecule has 25 heavy (non-hydrogen) atoms. The number of aldehydes is 1. The van der Waals surface area contributed by atoms with Crippen molar-refractivity contribution in [1.82, 2.24) is 0 Å². The molecule has 0 saturated heterocycles. The summed E-state index contributed by atoms with van der Waals surface area (Å²) in [5.41, 5.74) is 4.03. The van der Waals surface area contributed by atoms with E-state index in [0.29, 0.717) is 6.29 Å². The predicted molar refractivity (Wildman–Crippen MR) is 122 cm³/mol. The highest BCUT2D eigenvalue weighted by Gasteiger charge is 2.01. The van der Waals surface area contributed by atoms with Crippen LogP contribution in [0.2, 0.25) is 0 Å². The lowest BCUT2D eigenvalue weighted by molar-refractivity contribution is -0.104. The highest BCUT2D eigenvalue weighted by atomic mass is 32.2. The van der Waals surface area contributed by atoms with Crippen molar-refractivity contribution in [3.05, 3.63) is 42.0 Å². The topological polar surface area (TPSA) is 20.3 Å². The van der Waals surface area contributed by atoms with E-state index in [1.54, 1.807) is 11.8 Å². The van der Waals surface area contributed by atoms with E-state index in [1.807, 2.05) is 26.4 Å². The Morgan fingerprint density at radius 3 is 1.76 bits per heavy atom. The second kappa shape index (κ2) is 27.6. The summed E-state index contributed by atoms with van der Waals surface area (Å²) in [6, 6.07) is 6.57. The van der Waals surface area contributed by atoms with Gasteiger partial charge in [-0.3, -0.25) is 4.79 Å². The molecular weight excluding hydrogens is 326 g/mol. The van der Waals surface area contributed by atoms with Crippen LogP contribution in [0.1, 0.15) is 58.6 Å². The van der Waals surface area contributed by atoms with Gasteiger partial charge in [0.25, 0.3) is 0 Å². The van der Waals surface area contributed by atoms with Gasteiger partial charge in [-0.15, -0.1) is 0 Å². The van der Waals surface area contributed by atoms with Gasteiger partial charge in [0.2, 0.25) is 0 Å². The Kier molecular flexibility index (Phi) is 34.8. The molecule has 0 fully saturated rings. The Hall–Kier alpha value is -1.22. The lowest BCUT2D eigenvalue weighted by Crippen LogP contribution is -2.16. The van der Waals surface area contributed by atoms with Gasteiger partial charge >= 0.3 is 0 Å². The number of hydrogen-bond acceptors (Lipinski definition) is 3. The first-order valence-corrected chi connectivity index (χ1v) is 10.8. The number of carbonyl (C=O) groups is 1. The molecule has 0 aliphatic rings. The fourth-order valence-corrected chi connectivity index (χ4v) is 1.30. The molecule has 0 aliphatic carbocycles. The van der Waals surface area contributed by atoms with Crippen LogP contribution in [0, 0.1) is 13.8 Å². The minimum atomic E-state index is 0.639. The Labute approximate surface area is 163 Å². The Balaban J connectivity index is -0.000000141. The van der Waals surface area contributed by atoms with E-state index < -0.39 is 0 Å². The molecule has 0 bridgehead atoms. The average Bonchev–Trinajstić information content (AvgIpc) is 2.65. The van der Waals surface area contributed by atoms with E-state index in [9.17, 15) is 0 Å². The summed E-state index contributed by atoms with van der Waals surface area (Å²) in [7, 11) is 2.13. The van der Waals surface area contributed by atoms with Gasteiger partial charge in [0, 0.05) is 19.3 Å². The van der Waals surface area contributed by atoms with E-state index in [2.05, 4.69) is 71.3 Å². The van der Waals surface area contributed by atoms with Crippen molar-refractivity contribution in [3.63, 3.8) is 0 Å². The molecular formula is C22H43NOS. The number of anilines is 1. The van der Waals surface area contributed by atoms with Gasteiger partial charge in [0.15, 0.2) is 0 Å². The van der Waals surface area contributed by atoms with Gasteiger partial charge in [-0.1, -0.05) is 59.2 Å². The molecule has 2 nitrogen and oxygen atoms in total. The molecule has 148 valence electrons. The summed E-state index contributed by atoms with van der Waals surface area (Å²) in [5, 5.41) is 0. The molecule has 1 aromatic carbocycles. The predicted octanol–water partition coefficient (Wildman–Crippen LogP) is 6.94. The first-order valence-electron chi connectivity index (χ1n) is 9.14. The average molecular weight is 370 g/mol. The second-order valence-corrected chi connectivity index (χ2v) is 5.90. The van der Waals surface area contributed by atoms with Crippen LogP contribution >= 0.6 is 11.8 Å². The van der Waals surface area contributed by atoms with Crippen molar-refractivity contribution in [1.29, 1.82) is 0 Å². The molecule has 0 spiro atoms. The molecule has 0 aromatic heterocycles. The summed E-state index contributed by atoms with van der Waals surface area (Å²) in [5.74, 6) is 0. The van der Waals surface area contributed by atoms with E-state index in [1.165, 1.54) is 35.7 Å². The van der Waals surface area contributed by atoms with Gasteiger partial charge in [0.1, 0.15) is 6.29 Å².